The van der Waals surface area contributed by atoms with E-state index in [4.69, 9.17) is 14.7 Å². The normalized spacial score (nSPS) is 12.5. The minimum Gasteiger partial charge on any atom is -0.479 e. The molecule has 0 bridgehead atoms. The minimum absolute atomic E-state index is 0.0200. The van der Waals surface area contributed by atoms with Gasteiger partial charge >= 0.3 is 5.97 Å². The molecule has 19 heavy (non-hydrogen) atoms. The van der Waals surface area contributed by atoms with Crippen molar-refractivity contribution in [1.82, 2.24) is 10.5 Å². The van der Waals surface area contributed by atoms with Gasteiger partial charge in [0, 0.05) is 18.9 Å². The van der Waals surface area contributed by atoms with Gasteiger partial charge in [0.05, 0.1) is 5.69 Å². The first-order valence-corrected chi connectivity index (χ1v) is 5.99. The summed E-state index contributed by atoms with van der Waals surface area (Å²) in [6.07, 6.45) is -1.53. The van der Waals surface area contributed by atoms with E-state index < -0.39 is 12.1 Å². The molecule has 1 aromatic heterocycles. The van der Waals surface area contributed by atoms with Crippen LogP contribution in [-0.4, -0.2) is 39.9 Å². The van der Waals surface area contributed by atoms with Crippen LogP contribution in [0.5, 0.6) is 0 Å². The summed E-state index contributed by atoms with van der Waals surface area (Å²) in [5.41, 5.74) is 0.861. The summed E-state index contributed by atoms with van der Waals surface area (Å²) in [4.78, 5) is 22.4. The zero-order chi connectivity index (χ0) is 14.6. The standard InChI is InChI=1S/C12H18N2O5/c1-6(2)10-9(7(3)14-19-10)11(16)13-5-4-8(15)12(17)18/h6,8,15H,4-5H2,1-3H3,(H,13,16)(H,17,18). The smallest absolute Gasteiger partial charge is 0.332 e. The molecule has 7 nitrogen and oxygen atoms in total. The first-order chi connectivity index (χ1) is 8.84. The first-order valence-electron chi connectivity index (χ1n) is 5.99. The summed E-state index contributed by atoms with van der Waals surface area (Å²) in [5, 5.41) is 23.9. The lowest BCUT2D eigenvalue weighted by molar-refractivity contribution is -0.146. The molecule has 7 heteroatoms. The highest BCUT2D eigenvalue weighted by atomic mass is 16.5. The molecule has 106 valence electrons. The van der Waals surface area contributed by atoms with Gasteiger partial charge in [-0.15, -0.1) is 0 Å². The van der Waals surface area contributed by atoms with Gasteiger partial charge in [-0.1, -0.05) is 19.0 Å². The number of carboxylic acids is 1. The van der Waals surface area contributed by atoms with Crippen LogP contribution in [0.2, 0.25) is 0 Å². The van der Waals surface area contributed by atoms with Gasteiger partial charge in [-0.25, -0.2) is 4.79 Å². The molecule has 0 saturated carbocycles. The van der Waals surface area contributed by atoms with Crippen molar-refractivity contribution >= 4 is 11.9 Å². The SMILES string of the molecule is Cc1noc(C(C)C)c1C(=O)NCCC(O)C(=O)O. The van der Waals surface area contributed by atoms with Gasteiger partial charge < -0.3 is 20.1 Å². The lowest BCUT2D eigenvalue weighted by atomic mass is 10.0. The van der Waals surface area contributed by atoms with Crippen LogP contribution in [0.3, 0.4) is 0 Å². The molecule has 0 radical (unpaired) electrons. The number of hydrogen-bond acceptors (Lipinski definition) is 5. The summed E-state index contributed by atoms with van der Waals surface area (Å²) >= 11 is 0. The van der Waals surface area contributed by atoms with E-state index in [1.54, 1.807) is 6.92 Å². The Kier molecular flexibility index (Phi) is 5.05. The van der Waals surface area contributed by atoms with Crippen molar-refractivity contribution < 1.29 is 24.3 Å². The van der Waals surface area contributed by atoms with Crippen LogP contribution in [0.1, 0.15) is 48.0 Å². The Morgan fingerprint density at radius 1 is 1.42 bits per heavy atom. The average molecular weight is 270 g/mol. The highest BCUT2D eigenvalue weighted by Crippen LogP contribution is 2.21. The second kappa shape index (κ2) is 6.33. The second-order valence-corrected chi connectivity index (χ2v) is 4.56. The van der Waals surface area contributed by atoms with E-state index in [0.29, 0.717) is 17.0 Å². The molecule has 0 saturated heterocycles. The number of aromatic nitrogens is 1. The van der Waals surface area contributed by atoms with Crippen molar-refractivity contribution in [2.45, 2.75) is 39.2 Å². The molecule has 0 aromatic carbocycles. The van der Waals surface area contributed by atoms with Crippen LogP contribution in [0.15, 0.2) is 4.52 Å². The van der Waals surface area contributed by atoms with Crippen molar-refractivity contribution in [1.29, 1.82) is 0 Å². The molecular formula is C12H18N2O5. The number of carboxylic acid groups (broad SMARTS) is 1. The van der Waals surface area contributed by atoms with Gasteiger partial charge in [0.25, 0.3) is 5.91 Å². The monoisotopic (exact) mass is 270 g/mol. The molecule has 0 aliphatic heterocycles. The van der Waals surface area contributed by atoms with Crippen molar-refractivity contribution in [3.8, 4) is 0 Å². The fraction of sp³-hybridized carbons (Fsp3) is 0.583. The predicted octanol–water partition coefficient (Wildman–Crippen LogP) is 0.672. The van der Waals surface area contributed by atoms with Crippen LogP contribution >= 0.6 is 0 Å². The fourth-order valence-corrected chi connectivity index (χ4v) is 1.59. The summed E-state index contributed by atoms with van der Waals surface area (Å²) < 4.78 is 5.09. The van der Waals surface area contributed by atoms with Gasteiger partial charge in [-0.2, -0.15) is 0 Å². The van der Waals surface area contributed by atoms with Crippen molar-refractivity contribution in [3.05, 3.63) is 17.0 Å². The quantitative estimate of drug-likeness (QED) is 0.700. The van der Waals surface area contributed by atoms with E-state index in [0.717, 1.165) is 0 Å². The Bertz CT molecular complexity index is 467. The lowest BCUT2D eigenvalue weighted by Crippen LogP contribution is -2.30. The van der Waals surface area contributed by atoms with Crippen molar-refractivity contribution in [3.63, 3.8) is 0 Å². The van der Waals surface area contributed by atoms with Crippen LogP contribution in [0.25, 0.3) is 0 Å². The maximum absolute atomic E-state index is 12.0. The average Bonchev–Trinajstić information content (AvgIpc) is 2.70. The molecule has 1 aromatic rings. The molecule has 3 N–H and O–H groups in total. The highest BCUT2D eigenvalue weighted by molar-refractivity contribution is 5.96. The third-order valence-corrected chi connectivity index (χ3v) is 2.63. The number of nitrogens with zero attached hydrogens (tertiary/aromatic N) is 1. The molecule has 1 amide bonds. The third kappa shape index (κ3) is 3.78. The van der Waals surface area contributed by atoms with Crippen molar-refractivity contribution in [2.24, 2.45) is 0 Å². The Morgan fingerprint density at radius 3 is 2.58 bits per heavy atom. The van der Waals surface area contributed by atoms with E-state index >= 15 is 0 Å². The van der Waals surface area contributed by atoms with Crippen LogP contribution in [0.4, 0.5) is 0 Å². The number of aliphatic hydroxyl groups excluding tert-OH is 1. The highest BCUT2D eigenvalue weighted by Gasteiger charge is 2.22. The molecule has 0 aliphatic carbocycles. The predicted molar refractivity (Wildman–Crippen MR) is 65.9 cm³/mol. The number of amides is 1. The van der Waals surface area contributed by atoms with Gasteiger partial charge in [-0.05, 0) is 6.92 Å². The number of nitrogens with one attached hydrogen (secondary N) is 1. The molecule has 0 fully saturated rings. The van der Waals surface area contributed by atoms with E-state index in [1.807, 2.05) is 13.8 Å². The van der Waals surface area contributed by atoms with E-state index in [9.17, 15) is 9.59 Å². The number of carbonyl (C=O) groups excluding carboxylic acids is 1. The molecule has 0 spiro atoms. The lowest BCUT2D eigenvalue weighted by Gasteiger charge is -2.08. The number of carbonyl (C=O) groups is 2. The second-order valence-electron chi connectivity index (χ2n) is 4.56. The van der Waals surface area contributed by atoms with E-state index in [1.165, 1.54) is 0 Å². The van der Waals surface area contributed by atoms with Gasteiger partial charge in [0.1, 0.15) is 5.56 Å². The van der Waals surface area contributed by atoms with Gasteiger partial charge in [0.15, 0.2) is 11.9 Å². The molecule has 1 atom stereocenters. The Labute approximate surface area is 110 Å². The van der Waals surface area contributed by atoms with Crippen molar-refractivity contribution in [2.75, 3.05) is 6.54 Å². The summed E-state index contributed by atoms with van der Waals surface area (Å²) in [6.45, 7) is 5.49. The zero-order valence-corrected chi connectivity index (χ0v) is 11.1. The summed E-state index contributed by atoms with van der Waals surface area (Å²) in [7, 11) is 0. The molecule has 0 aliphatic rings. The van der Waals surface area contributed by atoms with Crippen LogP contribution in [0, 0.1) is 6.92 Å². The minimum atomic E-state index is -1.48. The van der Waals surface area contributed by atoms with E-state index in [2.05, 4.69) is 10.5 Å². The topological polar surface area (TPSA) is 113 Å². The summed E-state index contributed by atoms with van der Waals surface area (Å²) in [6, 6.07) is 0. The number of aryl methyl sites for hydroxylation is 1. The Balaban J connectivity index is 2.64. The molecule has 1 unspecified atom stereocenters. The zero-order valence-electron chi connectivity index (χ0n) is 11.1. The number of aliphatic carboxylic acids is 1. The third-order valence-electron chi connectivity index (χ3n) is 2.63. The Hall–Kier alpha value is -1.89. The maximum atomic E-state index is 12.0. The van der Waals surface area contributed by atoms with Gasteiger partial charge in [-0.3, -0.25) is 4.79 Å². The Morgan fingerprint density at radius 2 is 2.05 bits per heavy atom. The molecule has 1 rings (SSSR count). The van der Waals surface area contributed by atoms with Crippen LogP contribution in [-0.2, 0) is 4.79 Å². The molecular weight excluding hydrogens is 252 g/mol. The number of rotatable bonds is 6. The number of hydrogen-bond donors (Lipinski definition) is 3. The fourth-order valence-electron chi connectivity index (χ4n) is 1.59. The van der Waals surface area contributed by atoms with Gasteiger partial charge in [0.2, 0.25) is 0 Å². The molecule has 1 heterocycles. The largest absolute Gasteiger partial charge is 0.479 e. The summed E-state index contributed by atoms with van der Waals surface area (Å²) in [5.74, 6) is -1.17. The van der Waals surface area contributed by atoms with E-state index in [-0.39, 0.29) is 24.8 Å². The first kappa shape index (κ1) is 15.2. The van der Waals surface area contributed by atoms with Crippen LogP contribution < -0.4 is 5.32 Å². The number of aliphatic hydroxyl groups is 1. The maximum Gasteiger partial charge on any atom is 0.332 e.